The van der Waals surface area contributed by atoms with E-state index < -0.39 is 5.92 Å². The van der Waals surface area contributed by atoms with E-state index in [0.717, 1.165) is 22.6 Å². The standard InChI is InChI=1S/C26H28N4O2/c1-4-32-20-12-10-18(11-13-20)24-21(16-27)26(28)30(29(2)3)22-14-19(15-23(31)25(22)24)17-8-6-5-7-9-17/h5-13,19,24H,4,14-15,28H2,1-3H3. The third-order valence-corrected chi connectivity index (χ3v) is 6.14. The summed E-state index contributed by atoms with van der Waals surface area (Å²) in [5, 5.41) is 13.7. The van der Waals surface area contributed by atoms with Crippen molar-refractivity contribution >= 4 is 5.78 Å². The summed E-state index contributed by atoms with van der Waals surface area (Å²) in [5.74, 6) is 0.780. The van der Waals surface area contributed by atoms with Gasteiger partial charge in [0.2, 0.25) is 0 Å². The maximum absolute atomic E-state index is 13.6. The molecule has 1 aliphatic heterocycles. The molecule has 0 spiro atoms. The van der Waals surface area contributed by atoms with Crippen LogP contribution >= 0.6 is 0 Å². The number of allylic oxidation sites excluding steroid dienone is 3. The summed E-state index contributed by atoms with van der Waals surface area (Å²) in [6.45, 7) is 2.51. The maximum Gasteiger partial charge on any atom is 0.162 e. The van der Waals surface area contributed by atoms with Crippen molar-refractivity contribution in [1.82, 2.24) is 10.0 Å². The number of hydrogen-bond donors (Lipinski definition) is 1. The lowest BCUT2D eigenvalue weighted by atomic mass is 9.72. The second-order valence-electron chi connectivity index (χ2n) is 8.30. The molecule has 2 N–H and O–H groups in total. The number of ether oxygens (including phenoxy) is 1. The van der Waals surface area contributed by atoms with E-state index in [0.29, 0.717) is 36.4 Å². The number of rotatable bonds is 5. The number of hydrazine groups is 1. The molecule has 0 bridgehead atoms. The molecule has 32 heavy (non-hydrogen) atoms. The molecule has 0 fully saturated rings. The van der Waals surface area contributed by atoms with Crippen LogP contribution < -0.4 is 10.5 Å². The average Bonchev–Trinajstić information content (AvgIpc) is 2.79. The molecule has 4 rings (SSSR count). The Bertz CT molecular complexity index is 1110. The van der Waals surface area contributed by atoms with Crippen LogP contribution in [0.25, 0.3) is 0 Å². The van der Waals surface area contributed by atoms with Gasteiger partial charge in [-0.15, -0.1) is 0 Å². The second kappa shape index (κ2) is 8.89. The predicted octanol–water partition coefficient (Wildman–Crippen LogP) is 4.06. The zero-order valence-electron chi connectivity index (χ0n) is 18.7. The number of Topliss-reactive ketones (excluding diaryl/α,β-unsaturated/α-hetero) is 1. The Kier molecular flexibility index (Phi) is 6.02. The summed E-state index contributed by atoms with van der Waals surface area (Å²) >= 11 is 0. The predicted molar refractivity (Wildman–Crippen MR) is 123 cm³/mol. The van der Waals surface area contributed by atoms with E-state index in [4.69, 9.17) is 10.5 Å². The summed E-state index contributed by atoms with van der Waals surface area (Å²) in [7, 11) is 3.75. The molecule has 2 unspecified atom stereocenters. The minimum absolute atomic E-state index is 0.0612. The third kappa shape index (κ3) is 3.76. The van der Waals surface area contributed by atoms with E-state index in [9.17, 15) is 10.1 Å². The van der Waals surface area contributed by atoms with Crippen molar-refractivity contribution < 1.29 is 9.53 Å². The fraction of sp³-hybridized carbons (Fsp3) is 0.308. The number of ketones is 1. The Morgan fingerprint density at radius 1 is 1.09 bits per heavy atom. The second-order valence-corrected chi connectivity index (χ2v) is 8.30. The zero-order valence-corrected chi connectivity index (χ0v) is 18.7. The number of carbonyl (C=O) groups excluding carboxylic acids is 1. The summed E-state index contributed by atoms with van der Waals surface area (Å²) < 4.78 is 5.57. The van der Waals surface area contributed by atoms with Crippen LogP contribution in [0.15, 0.2) is 77.3 Å². The highest BCUT2D eigenvalue weighted by atomic mass is 16.5. The van der Waals surface area contributed by atoms with Crippen LogP contribution in [0.1, 0.15) is 42.7 Å². The molecule has 0 saturated heterocycles. The van der Waals surface area contributed by atoms with Crippen LogP contribution in [0, 0.1) is 11.3 Å². The van der Waals surface area contributed by atoms with Gasteiger partial charge in [-0.05, 0) is 42.5 Å². The first-order valence-electron chi connectivity index (χ1n) is 10.9. The van der Waals surface area contributed by atoms with Crippen molar-refractivity contribution in [2.45, 2.75) is 31.6 Å². The minimum Gasteiger partial charge on any atom is -0.494 e. The quantitative estimate of drug-likeness (QED) is 0.773. The summed E-state index contributed by atoms with van der Waals surface area (Å²) in [4.78, 5) is 13.6. The van der Waals surface area contributed by atoms with E-state index in [-0.39, 0.29) is 11.7 Å². The monoisotopic (exact) mass is 428 g/mol. The molecule has 0 aromatic heterocycles. The van der Waals surface area contributed by atoms with Crippen molar-refractivity contribution in [3.8, 4) is 11.8 Å². The van der Waals surface area contributed by atoms with Crippen molar-refractivity contribution in [1.29, 1.82) is 5.26 Å². The first-order chi connectivity index (χ1) is 15.5. The summed E-state index contributed by atoms with van der Waals surface area (Å²) in [5.41, 5.74) is 10.5. The smallest absolute Gasteiger partial charge is 0.162 e. The molecule has 0 saturated carbocycles. The lowest BCUT2D eigenvalue weighted by Crippen LogP contribution is -2.46. The van der Waals surface area contributed by atoms with E-state index >= 15 is 0 Å². The molecular formula is C26H28N4O2. The molecule has 0 radical (unpaired) electrons. The van der Waals surface area contributed by atoms with Crippen molar-refractivity contribution in [2.24, 2.45) is 5.73 Å². The SMILES string of the molecule is CCOc1ccc(C2C(C#N)=C(N)N(N(C)C)C3=C2C(=O)CC(c2ccccc2)C3)cc1. The molecule has 0 amide bonds. The number of carbonyl (C=O) groups is 1. The van der Waals surface area contributed by atoms with Gasteiger partial charge in [0.05, 0.1) is 24.2 Å². The Morgan fingerprint density at radius 2 is 1.78 bits per heavy atom. The lowest BCUT2D eigenvalue weighted by Gasteiger charge is -2.43. The highest BCUT2D eigenvalue weighted by Gasteiger charge is 2.43. The summed E-state index contributed by atoms with van der Waals surface area (Å²) in [6, 6.07) is 20.0. The van der Waals surface area contributed by atoms with Crippen molar-refractivity contribution in [3.05, 3.63) is 88.4 Å². The van der Waals surface area contributed by atoms with Gasteiger partial charge in [-0.2, -0.15) is 5.26 Å². The highest BCUT2D eigenvalue weighted by molar-refractivity contribution is 6.00. The molecule has 6 heteroatoms. The lowest BCUT2D eigenvalue weighted by molar-refractivity contribution is -0.117. The largest absolute Gasteiger partial charge is 0.494 e. The molecule has 2 aliphatic rings. The van der Waals surface area contributed by atoms with Gasteiger partial charge >= 0.3 is 0 Å². The van der Waals surface area contributed by atoms with Gasteiger partial charge in [-0.25, -0.2) is 5.01 Å². The summed E-state index contributed by atoms with van der Waals surface area (Å²) in [6.07, 6.45) is 1.09. The number of nitrogens with two attached hydrogens (primary N) is 1. The highest BCUT2D eigenvalue weighted by Crippen LogP contribution is 2.48. The van der Waals surface area contributed by atoms with Crippen LogP contribution in [-0.4, -0.2) is 36.5 Å². The van der Waals surface area contributed by atoms with Crippen LogP contribution in [0.5, 0.6) is 5.75 Å². The Labute approximate surface area is 189 Å². The van der Waals surface area contributed by atoms with E-state index in [2.05, 4.69) is 18.2 Å². The Balaban J connectivity index is 1.85. The molecule has 1 heterocycles. The number of hydrogen-bond acceptors (Lipinski definition) is 6. The first-order valence-corrected chi connectivity index (χ1v) is 10.9. The van der Waals surface area contributed by atoms with Crippen LogP contribution in [0.3, 0.4) is 0 Å². The maximum atomic E-state index is 13.6. The minimum atomic E-state index is -0.480. The van der Waals surface area contributed by atoms with Crippen molar-refractivity contribution in [2.75, 3.05) is 20.7 Å². The van der Waals surface area contributed by atoms with Gasteiger partial charge in [0.15, 0.2) is 5.78 Å². The first kappa shape index (κ1) is 21.7. The molecular weight excluding hydrogens is 400 g/mol. The third-order valence-electron chi connectivity index (χ3n) is 6.14. The van der Waals surface area contributed by atoms with Gasteiger partial charge in [0.25, 0.3) is 0 Å². The zero-order chi connectivity index (χ0) is 22.8. The fourth-order valence-electron chi connectivity index (χ4n) is 4.79. The van der Waals surface area contributed by atoms with E-state index in [1.165, 1.54) is 0 Å². The normalized spacial score (nSPS) is 21.0. The van der Waals surface area contributed by atoms with Gasteiger partial charge < -0.3 is 10.5 Å². The molecule has 1 aliphatic carbocycles. The van der Waals surface area contributed by atoms with Gasteiger partial charge in [-0.3, -0.25) is 9.80 Å². The van der Waals surface area contributed by atoms with Gasteiger partial charge in [0, 0.05) is 31.8 Å². The molecule has 2 aromatic rings. The topological polar surface area (TPSA) is 82.6 Å². The fourth-order valence-corrected chi connectivity index (χ4v) is 4.79. The molecule has 6 nitrogen and oxygen atoms in total. The molecule has 2 atom stereocenters. The molecule has 164 valence electrons. The average molecular weight is 429 g/mol. The Morgan fingerprint density at radius 3 is 2.38 bits per heavy atom. The number of nitrogens with zero attached hydrogens (tertiary/aromatic N) is 3. The van der Waals surface area contributed by atoms with E-state index in [1.807, 2.05) is 73.5 Å². The number of benzene rings is 2. The van der Waals surface area contributed by atoms with Crippen LogP contribution in [-0.2, 0) is 4.79 Å². The van der Waals surface area contributed by atoms with Crippen LogP contribution in [0.2, 0.25) is 0 Å². The van der Waals surface area contributed by atoms with E-state index in [1.54, 1.807) is 0 Å². The Hall–Kier alpha value is -3.56. The van der Waals surface area contributed by atoms with Crippen molar-refractivity contribution in [3.63, 3.8) is 0 Å². The van der Waals surface area contributed by atoms with Crippen LogP contribution in [0.4, 0.5) is 0 Å². The molecule has 2 aromatic carbocycles. The van der Waals surface area contributed by atoms with Gasteiger partial charge in [-0.1, -0.05) is 42.5 Å². The van der Waals surface area contributed by atoms with Gasteiger partial charge in [0.1, 0.15) is 11.6 Å². The number of nitriles is 1.